The van der Waals surface area contributed by atoms with Crippen molar-refractivity contribution in [3.8, 4) is 11.6 Å². The smallest absolute Gasteiger partial charge is 0.237 e. The van der Waals surface area contributed by atoms with Crippen LogP contribution in [0, 0.1) is 5.41 Å². The number of anilines is 1. The molecule has 2 aromatic heterocycles. The first-order valence-electron chi connectivity index (χ1n) is 12.2. The predicted octanol–water partition coefficient (Wildman–Crippen LogP) is 4.62. The second-order valence-corrected chi connectivity index (χ2v) is 8.67. The molecule has 4 heterocycles. The molecule has 0 saturated carbocycles. The molecular formula is C27H37N5O3. The predicted molar refractivity (Wildman–Crippen MR) is 139 cm³/mol. The van der Waals surface area contributed by atoms with E-state index in [1.54, 1.807) is 17.5 Å². The standard InChI is InChI=1S/C23H27N5O3.C2H6.C2H4/c1-17(29)11-18-3-2-4-19(12-18)31-22-6-5-21-25-20(13-28(21)26-22)24-8-10-27-9-7-23(14-27)15-30-16-23;2*1-2/h2-6,12-13,24H,7-11,14-16H2,1H3;1-2H3;1-2H2. The molecule has 0 radical (unpaired) electrons. The first kappa shape index (κ1) is 26.4. The summed E-state index contributed by atoms with van der Waals surface area (Å²) < 4.78 is 13.0. The highest BCUT2D eigenvalue weighted by Gasteiger charge is 2.43. The quantitative estimate of drug-likeness (QED) is 0.472. The van der Waals surface area contributed by atoms with Crippen molar-refractivity contribution in [2.24, 2.45) is 5.41 Å². The van der Waals surface area contributed by atoms with E-state index in [1.165, 1.54) is 6.42 Å². The van der Waals surface area contributed by atoms with Crippen LogP contribution in [0.4, 0.5) is 5.82 Å². The lowest BCUT2D eigenvalue weighted by Crippen LogP contribution is -2.45. The number of hydrogen-bond acceptors (Lipinski definition) is 7. The molecule has 5 rings (SSSR count). The summed E-state index contributed by atoms with van der Waals surface area (Å²) in [5.74, 6) is 2.05. The van der Waals surface area contributed by atoms with Crippen molar-refractivity contribution in [2.45, 2.75) is 33.6 Å². The van der Waals surface area contributed by atoms with Gasteiger partial charge in [0, 0.05) is 37.5 Å². The monoisotopic (exact) mass is 479 g/mol. The lowest BCUT2D eigenvalue weighted by Gasteiger charge is -2.37. The Hall–Kier alpha value is -3.23. The maximum Gasteiger partial charge on any atom is 0.237 e. The first-order chi connectivity index (χ1) is 17.1. The fourth-order valence-corrected chi connectivity index (χ4v) is 4.32. The Bertz CT molecular complexity index is 1110. The van der Waals surface area contributed by atoms with Crippen molar-refractivity contribution in [2.75, 3.05) is 44.7 Å². The van der Waals surface area contributed by atoms with Gasteiger partial charge < -0.3 is 19.7 Å². The third kappa shape index (κ3) is 6.90. The van der Waals surface area contributed by atoms with Gasteiger partial charge in [-0.1, -0.05) is 26.0 Å². The summed E-state index contributed by atoms with van der Waals surface area (Å²) in [6.07, 6.45) is 3.51. The van der Waals surface area contributed by atoms with Gasteiger partial charge in [-0.2, -0.15) is 0 Å². The number of ether oxygens (including phenoxy) is 2. The number of carbonyl (C=O) groups is 1. The Labute approximate surface area is 207 Å². The fraction of sp³-hybridized carbons (Fsp3) is 0.444. The average Bonchev–Trinajstić information content (AvgIpc) is 3.46. The molecule has 1 aromatic carbocycles. The number of benzene rings is 1. The topological polar surface area (TPSA) is 81.0 Å². The number of hydrogen-bond donors (Lipinski definition) is 1. The number of imidazole rings is 1. The Morgan fingerprint density at radius 2 is 2.03 bits per heavy atom. The van der Waals surface area contributed by atoms with E-state index in [1.807, 2.05) is 50.4 Å². The first-order valence-corrected chi connectivity index (χ1v) is 12.2. The van der Waals surface area contributed by atoms with Gasteiger partial charge in [0.05, 0.1) is 19.4 Å². The molecule has 35 heavy (non-hydrogen) atoms. The van der Waals surface area contributed by atoms with E-state index in [0.717, 1.165) is 56.4 Å². The Morgan fingerprint density at radius 1 is 1.23 bits per heavy atom. The summed E-state index contributed by atoms with van der Waals surface area (Å²) in [4.78, 5) is 18.4. The van der Waals surface area contributed by atoms with Crippen molar-refractivity contribution < 1.29 is 14.3 Å². The molecule has 188 valence electrons. The second kappa shape index (κ2) is 12.5. The summed E-state index contributed by atoms with van der Waals surface area (Å²) in [5, 5.41) is 7.91. The highest BCUT2D eigenvalue weighted by molar-refractivity contribution is 5.78. The van der Waals surface area contributed by atoms with Crippen LogP contribution >= 0.6 is 0 Å². The fourth-order valence-electron chi connectivity index (χ4n) is 4.32. The summed E-state index contributed by atoms with van der Waals surface area (Å²) in [7, 11) is 0. The molecule has 2 saturated heterocycles. The molecule has 3 aromatic rings. The highest BCUT2D eigenvalue weighted by atomic mass is 16.5. The Morgan fingerprint density at radius 3 is 2.71 bits per heavy atom. The van der Waals surface area contributed by atoms with Gasteiger partial charge in [0.2, 0.25) is 5.88 Å². The zero-order chi connectivity index (χ0) is 25.3. The van der Waals surface area contributed by atoms with Gasteiger partial charge in [-0.3, -0.25) is 4.79 Å². The molecule has 0 atom stereocenters. The maximum atomic E-state index is 11.3. The molecule has 0 aliphatic carbocycles. The van der Waals surface area contributed by atoms with Gasteiger partial charge in [0.25, 0.3) is 0 Å². The van der Waals surface area contributed by atoms with E-state index in [2.05, 4.69) is 33.5 Å². The highest BCUT2D eigenvalue weighted by Crippen LogP contribution is 2.37. The SMILES string of the molecule is C=C.CC.CC(=O)Cc1cccc(Oc2ccc3nc(NCCN4CCC5(COC5)C4)cn3n2)c1. The normalized spacial score (nSPS) is 16.0. The van der Waals surface area contributed by atoms with Crippen LogP contribution in [-0.4, -0.2) is 64.7 Å². The zero-order valence-corrected chi connectivity index (χ0v) is 21.1. The lowest BCUT2D eigenvalue weighted by molar-refractivity contribution is -0.116. The molecule has 1 spiro atoms. The number of nitrogens with zero attached hydrogens (tertiary/aromatic N) is 4. The largest absolute Gasteiger partial charge is 0.438 e. The van der Waals surface area contributed by atoms with Crippen LogP contribution in [-0.2, 0) is 16.0 Å². The van der Waals surface area contributed by atoms with E-state index >= 15 is 0 Å². The number of fused-ring (bicyclic) bond motifs is 1. The average molecular weight is 480 g/mol. The minimum absolute atomic E-state index is 0.122. The number of carbonyl (C=O) groups excluding carboxylic acids is 1. The summed E-state index contributed by atoms with van der Waals surface area (Å²) >= 11 is 0. The number of Topliss-reactive ketones (excluding diaryl/α,β-unsaturated/α-hetero) is 1. The van der Waals surface area contributed by atoms with Crippen molar-refractivity contribution in [1.82, 2.24) is 19.5 Å². The Balaban J connectivity index is 0.000000815. The van der Waals surface area contributed by atoms with Crippen molar-refractivity contribution in [1.29, 1.82) is 0 Å². The van der Waals surface area contributed by atoms with Gasteiger partial charge in [0.15, 0.2) is 5.65 Å². The maximum absolute atomic E-state index is 11.3. The third-order valence-electron chi connectivity index (χ3n) is 5.94. The van der Waals surface area contributed by atoms with Gasteiger partial charge >= 0.3 is 0 Å². The van der Waals surface area contributed by atoms with E-state index < -0.39 is 0 Å². The second-order valence-electron chi connectivity index (χ2n) is 8.67. The van der Waals surface area contributed by atoms with Crippen LogP contribution in [0.2, 0.25) is 0 Å². The molecule has 2 aliphatic rings. The van der Waals surface area contributed by atoms with Crippen molar-refractivity contribution in [3.63, 3.8) is 0 Å². The van der Waals surface area contributed by atoms with Crippen LogP contribution in [0.15, 0.2) is 55.8 Å². The summed E-state index contributed by atoms with van der Waals surface area (Å²) in [6, 6.07) is 11.2. The van der Waals surface area contributed by atoms with Crippen molar-refractivity contribution >= 4 is 17.2 Å². The van der Waals surface area contributed by atoms with E-state index in [0.29, 0.717) is 23.5 Å². The van der Waals surface area contributed by atoms with Crippen molar-refractivity contribution in [3.05, 3.63) is 61.3 Å². The number of aromatic nitrogens is 3. The number of ketones is 1. The molecule has 0 amide bonds. The van der Waals surface area contributed by atoms with E-state index in [4.69, 9.17) is 9.47 Å². The molecule has 0 unspecified atom stereocenters. The Kier molecular flexibility index (Phi) is 9.39. The van der Waals surface area contributed by atoms with Crippen LogP contribution in [0.3, 0.4) is 0 Å². The number of likely N-dealkylation sites (tertiary alicyclic amines) is 1. The summed E-state index contributed by atoms with van der Waals surface area (Å²) in [5.41, 5.74) is 2.11. The molecular weight excluding hydrogens is 442 g/mol. The zero-order valence-electron chi connectivity index (χ0n) is 21.1. The number of nitrogens with one attached hydrogen (secondary N) is 1. The molecule has 2 fully saturated rings. The lowest BCUT2D eigenvalue weighted by atomic mass is 9.85. The van der Waals surface area contributed by atoms with Gasteiger partial charge in [-0.25, -0.2) is 9.50 Å². The van der Waals surface area contributed by atoms with Gasteiger partial charge in [0.1, 0.15) is 17.4 Å². The van der Waals surface area contributed by atoms with Crippen LogP contribution < -0.4 is 10.1 Å². The summed E-state index contributed by atoms with van der Waals surface area (Å²) in [6.45, 7) is 17.5. The van der Waals surface area contributed by atoms with Crippen LogP contribution in [0.5, 0.6) is 11.6 Å². The molecule has 8 heteroatoms. The molecule has 1 N–H and O–H groups in total. The molecule has 2 aliphatic heterocycles. The van der Waals surface area contributed by atoms with Gasteiger partial charge in [-0.15, -0.1) is 18.3 Å². The third-order valence-corrected chi connectivity index (χ3v) is 5.94. The minimum Gasteiger partial charge on any atom is -0.438 e. The van der Waals surface area contributed by atoms with Gasteiger partial charge in [-0.05, 0) is 43.7 Å². The molecule has 8 nitrogen and oxygen atoms in total. The van der Waals surface area contributed by atoms with E-state index in [-0.39, 0.29) is 5.78 Å². The number of rotatable bonds is 8. The van der Waals surface area contributed by atoms with Crippen LogP contribution in [0.25, 0.3) is 5.65 Å². The molecule has 0 bridgehead atoms. The van der Waals surface area contributed by atoms with E-state index in [9.17, 15) is 4.79 Å². The van der Waals surface area contributed by atoms with Crippen LogP contribution in [0.1, 0.15) is 32.8 Å². The minimum atomic E-state index is 0.122.